The second-order valence-electron chi connectivity index (χ2n) is 6.49. The van der Waals surface area contributed by atoms with Crippen molar-refractivity contribution in [2.45, 2.75) is 26.1 Å². The number of amides is 1. The summed E-state index contributed by atoms with van der Waals surface area (Å²) in [6, 6.07) is 7.97. The molecule has 29 heavy (non-hydrogen) atoms. The third-order valence-corrected chi connectivity index (χ3v) is 3.83. The van der Waals surface area contributed by atoms with Crippen LogP contribution in [0.2, 0.25) is 0 Å². The Hall–Kier alpha value is -3.43. The summed E-state index contributed by atoms with van der Waals surface area (Å²) in [7, 11) is 0. The third-order valence-electron chi connectivity index (χ3n) is 3.83. The number of aromatic amines is 1. The fraction of sp³-hybridized carbons (Fsp3) is 0.211. The van der Waals surface area contributed by atoms with Crippen LogP contribution in [-0.4, -0.2) is 28.1 Å². The minimum absolute atomic E-state index is 0.0277. The van der Waals surface area contributed by atoms with Gasteiger partial charge < -0.3 is 5.32 Å². The third kappa shape index (κ3) is 4.89. The van der Waals surface area contributed by atoms with Crippen LogP contribution in [0, 0.1) is 5.82 Å². The Morgan fingerprint density at radius 2 is 1.93 bits per heavy atom. The van der Waals surface area contributed by atoms with Crippen molar-refractivity contribution in [2.75, 3.05) is 5.32 Å². The van der Waals surface area contributed by atoms with Crippen LogP contribution in [0.5, 0.6) is 0 Å². The van der Waals surface area contributed by atoms with Gasteiger partial charge in [-0.3, -0.25) is 15.2 Å². The summed E-state index contributed by atoms with van der Waals surface area (Å²) >= 11 is 0. The summed E-state index contributed by atoms with van der Waals surface area (Å²) < 4.78 is 52.4. The number of fused-ring (bicyclic) bond motifs is 1. The first-order valence-electron chi connectivity index (χ1n) is 8.60. The van der Waals surface area contributed by atoms with E-state index in [0.717, 1.165) is 18.2 Å². The molecule has 0 fully saturated rings. The maximum Gasteiger partial charge on any atom is 0.416 e. The smallest absolute Gasteiger partial charge is 0.309 e. The van der Waals surface area contributed by atoms with Crippen LogP contribution in [0.4, 0.5) is 23.4 Å². The zero-order valence-corrected chi connectivity index (χ0v) is 15.4. The van der Waals surface area contributed by atoms with Gasteiger partial charge in [0, 0.05) is 17.0 Å². The van der Waals surface area contributed by atoms with Gasteiger partial charge in [0.25, 0.3) is 5.91 Å². The zero-order chi connectivity index (χ0) is 21.2. The number of hydrogen-bond donors (Lipinski definition) is 3. The minimum atomic E-state index is -4.51. The SMILES string of the molecule is CC(C)N=C(NC(=O)c1cccc(F)c1)Nc1n[nH]c2ccc(C(F)(F)F)cc12. The van der Waals surface area contributed by atoms with Crippen LogP contribution in [0.25, 0.3) is 10.9 Å². The number of carbonyl (C=O) groups excluding carboxylic acids is 1. The predicted octanol–water partition coefficient (Wildman–Crippen LogP) is 4.33. The van der Waals surface area contributed by atoms with Crippen molar-refractivity contribution >= 4 is 28.6 Å². The van der Waals surface area contributed by atoms with E-state index in [1.54, 1.807) is 13.8 Å². The Kier molecular flexibility index (Phi) is 5.53. The zero-order valence-electron chi connectivity index (χ0n) is 15.4. The first-order valence-corrected chi connectivity index (χ1v) is 8.60. The molecule has 1 aromatic heterocycles. The van der Waals surface area contributed by atoms with E-state index in [4.69, 9.17) is 0 Å². The molecule has 0 unspecified atom stereocenters. The number of guanidine groups is 1. The number of benzene rings is 2. The molecular weight excluding hydrogens is 390 g/mol. The van der Waals surface area contributed by atoms with Crippen molar-refractivity contribution in [1.29, 1.82) is 0 Å². The molecule has 0 spiro atoms. The topological polar surface area (TPSA) is 82.2 Å². The van der Waals surface area contributed by atoms with E-state index in [-0.39, 0.29) is 28.8 Å². The molecule has 0 aliphatic carbocycles. The summed E-state index contributed by atoms with van der Waals surface area (Å²) in [5.41, 5.74) is -0.393. The quantitative estimate of drug-likeness (QED) is 0.343. The molecular formula is C19H17F4N5O. The lowest BCUT2D eigenvalue weighted by molar-refractivity contribution is -0.137. The lowest BCUT2D eigenvalue weighted by Gasteiger charge is -2.12. The number of nitrogens with zero attached hydrogens (tertiary/aromatic N) is 2. The molecule has 1 amide bonds. The second-order valence-corrected chi connectivity index (χ2v) is 6.49. The molecule has 10 heteroatoms. The number of alkyl halides is 3. The molecule has 0 aliphatic rings. The lowest BCUT2D eigenvalue weighted by atomic mass is 10.1. The van der Waals surface area contributed by atoms with Gasteiger partial charge in [-0.05, 0) is 50.2 Å². The van der Waals surface area contributed by atoms with E-state index in [1.807, 2.05) is 0 Å². The maximum absolute atomic E-state index is 13.4. The van der Waals surface area contributed by atoms with Crippen molar-refractivity contribution in [3.63, 3.8) is 0 Å². The number of hydrogen-bond acceptors (Lipinski definition) is 3. The summed E-state index contributed by atoms with van der Waals surface area (Å²) in [5.74, 6) is -1.18. The number of rotatable bonds is 3. The van der Waals surface area contributed by atoms with Crippen LogP contribution >= 0.6 is 0 Å². The second kappa shape index (κ2) is 7.90. The number of nitrogens with one attached hydrogen (secondary N) is 3. The minimum Gasteiger partial charge on any atom is -0.309 e. The maximum atomic E-state index is 13.4. The molecule has 0 atom stereocenters. The first-order chi connectivity index (χ1) is 13.6. The number of halogens is 4. The first kappa shape index (κ1) is 20.3. The molecule has 152 valence electrons. The highest BCUT2D eigenvalue weighted by molar-refractivity contribution is 6.11. The molecule has 0 radical (unpaired) electrons. The van der Waals surface area contributed by atoms with Crippen LogP contribution in [0.3, 0.4) is 0 Å². The van der Waals surface area contributed by atoms with Crippen molar-refractivity contribution < 1.29 is 22.4 Å². The molecule has 0 saturated heterocycles. The standard InChI is InChI=1S/C19H17F4N5O/c1-10(2)24-18(26-17(29)11-4-3-5-13(20)8-11)25-16-14-9-12(19(21,22)23)6-7-15(14)27-28-16/h3-10H,1-2H3,(H3,24,25,26,27,28,29). The van der Waals surface area contributed by atoms with E-state index >= 15 is 0 Å². The van der Waals surface area contributed by atoms with Gasteiger partial charge in [0.05, 0.1) is 11.1 Å². The molecule has 0 aliphatic heterocycles. The summed E-state index contributed by atoms with van der Waals surface area (Å²) in [4.78, 5) is 16.6. The number of aromatic nitrogens is 2. The Labute approximate surface area is 163 Å². The lowest BCUT2D eigenvalue weighted by Crippen LogP contribution is -2.37. The fourth-order valence-electron chi connectivity index (χ4n) is 2.56. The Morgan fingerprint density at radius 1 is 1.17 bits per heavy atom. The number of carbonyl (C=O) groups is 1. The van der Waals surface area contributed by atoms with E-state index in [9.17, 15) is 22.4 Å². The van der Waals surface area contributed by atoms with Gasteiger partial charge in [0.1, 0.15) is 5.82 Å². The van der Waals surface area contributed by atoms with Crippen LogP contribution in [-0.2, 0) is 6.18 Å². The van der Waals surface area contributed by atoms with Crippen LogP contribution in [0.1, 0.15) is 29.8 Å². The van der Waals surface area contributed by atoms with Gasteiger partial charge in [-0.2, -0.15) is 18.3 Å². The molecule has 0 bridgehead atoms. The van der Waals surface area contributed by atoms with Gasteiger partial charge in [0.15, 0.2) is 5.82 Å². The largest absolute Gasteiger partial charge is 0.416 e. The molecule has 6 nitrogen and oxygen atoms in total. The average Bonchev–Trinajstić information content (AvgIpc) is 3.02. The van der Waals surface area contributed by atoms with E-state index in [1.165, 1.54) is 24.3 Å². The molecule has 0 saturated carbocycles. The number of H-pyrrole nitrogens is 1. The van der Waals surface area contributed by atoms with Gasteiger partial charge in [-0.1, -0.05) is 6.07 Å². The van der Waals surface area contributed by atoms with Crippen molar-refractivity contribution in [2.24, 2.45) is 4.99 Å². The highest BCUT2D eigenvalue weighted by Gasteiger charge is 2.31. The fourth-order valence-corrected chi connectivity index (χ4v) is 2.56. The van der Waals surface area contributed by atoms with Gasteiger partial charge in [-0.15, -0.1) is 0 Å². The van der Waals surface area contributed by atoms with Gasteiger partial charge >= 0.3 is 6.18 Å². The van der Waals surface area contributed by atoms with E-state index in [2.05, 4.69) is 25.8 Å². The summed E-state index contributed by atoms with van der Waals surface area (Å²) in [6.07, 6.45) is -4.51. The number of aliphatic imine (C=N–C) groups is 1. The predicted molar refractivity (Wildman–Crippen MR) is 101 cm³/mol. The van der Waals surface area contributed by atoms with Crippen molar-refractivity contribution in [3.8, 4) is 0 Å². The summed E-state index contributed by atoms with van der Waals surface area (Å²) in [5, 5.41) is 12.0. The highest BCUT2D eigenvalue weighted by atomic mass is 19.4. The molecule has 2 aromatic carbocycles. The van der Waals surface area contributed by atoms with E-state index in [0.29, 0.717) is 5.52 Å². The molecule has 3 N–H and O–H groups in total. The van der Waals surface area contributed by atoms with E-state index < -0.39 is 23.5 Å². The Morgan fingerprint density at radius 3 is 2.59 bits per heavy atom. The number of anilines is 1. The molecule has 3 rings (SSSR count). The van der Waals surface area contributed by atoms with Gasteiger partial charge in [0.2, 0.25) is 5.96 Å². The monoisotopic (exact) mass is 407 g/mol. The van der Waals surface area contributed by atoms with Crippen molar-refractivity contribution in [3.05, 3.63) is 59.4 Å². The van der Waals surface area contributed by atoms with Gasteiger partial charge in [-0.25, -0.2) is 9.38 Å². The molecule has 3 aromatic rings. The Bertz CT molecular complexity index is 1070. The van der Waals surface area contributed by atoms with Crippen LogP contribution in [0.15, 0.2) is 47.5 Å². The summed E-state index contributed by atoms with van der Waals surface area (Å²) in [6.45, 7) is 3.50. The average molecular weight is 407 g/mol. The highest BCUT2D eigenvalue weighted by Crippen LogP contribution is 2.32. The van der Waals surface area contributed by atoms with Crippen LogP contribution < -0.4 is 10.6 Å². The van der Waals surface area contributed by atoms with Crippen molar-refractivity contribution in [1.82, 2.24) is 15.5 Å². The molecule has 1 heterocycles. The normalized spacial score (nSPS) is 12.4. The Balaban J connectivity index is 1.90.